The van der Waals surface area contributed by atoms with Crippen LogP contribution < -0.4 is 5.14 Å². The van der Waals surface area contributed by atoms with Crippen LogP contribution in [0.5, 0.6) is 0 Å². The van der Waals surface area contributed by atoms with E-state index in [-0.39, 0.29) is 6.04 Å². The molecule has 0 aliphatic heterocycles. The van der Waals surface area contributed by atoms with Gasteiger partial charge in [0.25, 0.3) is 0 Å². The highest BCUT2D eigenvalue weighted by molar-refractivity contribution is 7.89. The zero-order chi connectivity index (χ0) is 14.9. The molecule has 1 saturated carbocycles. The number of sulfonamides is 1. The summed E-state index contributed by atoms with van der Waals surface area (Å²) in [6.07, 6.45) is 6.15. The molecule has 0 amide bonds. The number of primary sulfonamides is 1. The van der Waals surface area contributed by atoms with E-state index in [0.29, 0.717) is 5.92 Å². The summed E-state index contributed by atoms with van der Waals surface area (Å²) in [5.41, 5.74) is 0. The van der Waals surface area contributed by atoms with Crippen LogP contribution in [0.15, 0.2) is 11.1 Å². The average Bonchev–Trinajstić information content (AvgIpc) is 2.83. The van der Waals surface area contributed by atoms with E-state index in [0.717, 1.165) is 32.1 Å². The maximum atomic E-state index is 11.4. The van der Waals surface area contributed by atoms with Gasteiger partial charge in [0.2, 0.25) is 14.9 Å². The molecule has 1 aliphatic carbocycles. The van der Waals surface area contributed by atoms with Crippen LogP contribution in [0.3, 0.4) is 0 Å². The third-order valence-electron chi connectivity index (χ3n) is 3.89. The SMILES string of the molecule is CCC1CCCCC1n1cc(S(N)(=O)=O)c([N+](=O)[O-])n1. The first-order valence-corrected chi connectivity index (χ1v) is 8.15. The Morgan fingerprint density at radius 2 is 2.15 bits per heavy atom. The Hall–Kier alpha value is -1.48. The molecule has 1 aromatic rings. The molecule has 1 aliphatic rings. The largest absolute Gasteiger partial charge is 0.410 e. The lowest BCUT2D eigenvalue weighted by Crippen LogP contribution is -2.23. The quantitative estimate of drug-likeness (QED) is 0.668. The summed E-state index contributed by atoms with van der Waals surface area (Å²) in [5, 5.41) is 19.8. The summed E-state index contributed by atoms with van der Waals surface area (Å²) in [4.78, 5) is 9.61. The summed E-state index contributed by atoms with van der Waals surface area (Å²) < 4.78 is 24.3. The van der Waals surface area contributed by atoms with Crippen molar-refractivity contribution in [1.82, 2.24) is 9.78 Å². The predicted molar refractivity (Wildman–Crippen MR) is 71.5 cm³/mol. The number of nitro groups is 1. The van der Waals surface area contributed by atoms with Gasteiger partial charge in [-0.05, 0) is 23.7 Å². The Bertz CT molecular complexity index is 610. The standard InChI is InChI=1S/C11H18N4O4S/c1-2-8-5-3-4-6-9(8)14-7-10(20(12,18)19)11(13-14)15(16)17/h7-9H,2-6H2,1H3,(H2,12,18,19). The predicted octanol–water partition coefficient (Wildman–Crippen LogP) is 1.58. The van der Waals surface area contributed by atoms with Gasteiger partial charge in [0.05, 0.1) is 17.3 Å². The molecule has 2 N–H and O–H groups in total. The molecule has 0 saturated heterocycles. The van der Waals surface area contributed by atoms with Crippen LogP contribution in [0.4, 0.5) is 5.82 Å². The molecule has 8 nitrogen and oxygen atoms in total. The van der Waals surface area contributed by atoms with Crippen molar-refractivity contribution < 1.29 is 13.3 Å². The van der Waals surface area contributed by atoms with Crippen molar-refractivity contribution in [2.75, 3.05) is 0 Å². The lowest BCUT2D eigenvalue weighted by atomic mass is 9.83. The van der Waals surface area contributed by atoms with Crippen LogP contribution in [0.25, 0.3) is 0 Å². The number of rotatable bonds is 4. The fourth-order valence-electron chi connectivity index (χ4n) is 2.88. The Labute approximate surface area is 117 Å². The normalized spacial score (nSPS) is 23.7. The zero-order valence-corrected chi connectivity index (χ0v) is 12.0. The first-order chi connectivity index (χ1) is 9.34. The highest BCUT2D eigenvalue weighted by atomic mass is 32.2. The van der Waals surface area contributed by atoms with Crippen LogP contribution >= 0.6 is 0 Å². The summed E-state index contributed by atoms with van der Waals surface area (Å²) in [7, 11) is -4.15. The van der Waals surface area contributed by atoms with Crippen molar-refractivity contribution in [3.05, 3.63) is 16.3 Å². The van der Waals surface area contributed by atoms with Gasteiger partial charge in [-0.3, -0.25) is 0 Å². The number of hydrogen-bond donors (Lipinski definition) is 1. The van der Waals surface area contributed by atoms with E-state index >= 15 is 0 Å². The smallest absolute Gasteiger partial charge is 0.358 e. The maximum absolute atomic E-state index is 11.4. The molecule has 0 radical (unpaired) electrons. The van der Waals surface area contributed by atoms with E-state index in [1.165, 1.54) is 10.9 Å². The second-order valence-corrected chi connectivity index (χ2v) is 6.65. The first-order valence-electron chi connectivity index (χ1n) is 6.61. The molecule has 2 unspecified atom stereocenters. The van der Waals surface area contributed by atoms with E-state index in [9.17, 15) is 18.5 Å². The molecule has 0 bridgehead atoms. The van der Waals surface area contributed by atoms with E-state index in [4.69, 9.17) is 5.14 Å². The van der Waals surface area contributed by atoms with Crippen molar-refractivity contribution in [1.29, 1.82) is 0 Å². The van der Waals surface area contributed by atoms with E-state index in [1.54, 1.807) is 0 Å². The highest BCUT2D eigenvalue weighted by Gasteiger charge is 2.34. The lowest BCUT2D eigenvalue weighted by molar-refractivity contribution is -0.392. The van der Waals surface area contributed by atoms with Gasteiger partial charge in [0.15, 0.2) is 0 Å². The number of hydrogen-bond acceptors (Lipinski definition) is 5. The van der Waals surface area contributed by atoms with Crippen molar-refractivity contribution >= 4 is 15.8 Å². The third kappa shape index (κ3) is 2.83. The summed E-state index contributed by atoms with van der Waals surface area (Å²) in [6, 6.07) is 0.00273. The Morgan fingerprint density at radius 3 is 2.65 bits per heavy atom. The summed E-state index contributed by atoms with van der Waals surface area (Å²) in [6.45, 7) is 2.06. The molecule has 1 heterocycles. The molecule has 0 aromatic carbocycles. The fourth-order valence-corrected chi connectivity index (χ4v) is 3.50. The second kappa shape index (κ2) is 5.49. The van der Waals surface area contributed by atoms with Crippen molar-refractivity contribution in [2.24, 2.45) is 11.1 Å². The first kappa shape index (κ1) is 14.9. The van der Waals surface area contributed by atoms with Gasteiger partial charge in [-0.1, -0.05) is 26.2 Å². The maximum Gasteiger partial charge on any atom is 0.410 e. The minimum absolute atomic E-state index is 0.00273. The van der Waals surface area contributed by atoms with E-state index in [2.05, 4.69) is 12.0 Å². The van der Waals surface area contributed by atoms with Crippen LogP contribution in [-0.4, -0.2) is 23.1 Å². The molecular weight excluding hydrogens is 284 g/mol. The third-order valence-corrected chi connectivity index (χ3v) is 4.79. The van der Waals surface area contributed by atoms with E-state index in [1.807, 2.05) is 0 Å². The molecule has 2 atom stereocenters. The second-order valence-electron chi connectivity index (χ2n) is 5.12. The molecule has 9 heteroatoms. The monoisotopic (exact) mass is 302 g/mol. The summed E-state index contributed by atoms with van der Waals surface area (Å²) >= 11 is 0. The Morgan fingerprint density at radius 1 is 1.50 bits per heavy atom. The molecule has 20 heavy (non-hydrogen) atoms. The van der Waals surface area contributed by atoms with Gasteiger partial charge >= 0.3 is 5.82 Å². The van der Waals surface area contributed by atoms with Gasteiger partial charge in [-0.2, -0.15) is 4.68 Å². The topological polar surface area (TPSA) is 121 Å². The Kier molecular flexibility index (Phi) is 4.09. The van der Waals surface area contributed by atoms with E-state index < -0.39 is 25.7 Å². The Balaban J connectivity index is 2.45. The van der Waals surface area contributed by atoms with Gasteiger partial charge in [-0.25, -0.2) is 13.6 Å². The molecule has 1 aromatic heterocycles. The molecule has 1 fully saturated rings. The van der Waals surface area contributed by atoms with Crippen molar-refractivity contribution in [2.45, 2.75) is 50.0 Å². The lowest BCUT2D eigenvalue weighted by Gasteiger charge is -2.28. The average molecular weight is 302 g/mol. The molecule has 0 spiro atoms. The van der Waals surface area contributed by atoms with Gasteiger partial charge in [-0.15, -0.1) is 0 Å². The summed E-state index contributed by atoms with van der Waals surface area (Å²) in [5.74, 6) is -0.329. The van der Waals surface area contributed by atoms with Gasteiger partial charge in [0.1, 0.15) is 0 Å². The van der Waals surface area contributed by atoms with Crippen molar-refractivity contribution in [3.8, 4) is 0 Å². The minimum atomic E-state index is -4.15. The fraction of sp³-hybridized carbons (Fsp3) is 0.727. The minimum Gasteiger partial charge on any atom is -0.358 e. The van der Waals surface area contributed by atoms with Gasteiger partial charge in [0, 0.05) is 0 Å². The van der Waals surface area contributed by atoms with Crippen LogP contribution in [0, 0.1) is 16.0 Å². The zero-order valence-electron chi connectivity index (χ0n) is 11.2. The van der Waals surface area contributed by atoms with Gasteiger partial charge < -0.3 is 10.1 Å². The highest BCUT2D eigenvalue weighted by Crippen LogP contribution is 2.37. The molecule has 2 rings (SSSR count). The van der Waals surface area contributed by atoms with Crippen LogP contribution in [0.1, 0.15) is 45.1 Å². The van der Waals surface area contributed by atoms with Crippen molar-refractivity contribution in [3.63, 3.8) is 0 Å². The van der Waals surface area contributed by atoms with Crippen LogP contribution in [-0.2, 0) is 10.0 Å². The molecule has 112 valence electrons. The number of nitrogens with two attached hydrogens (primary N) is 1. The molecular formula is C11H18N4O4S. The number of aromatic nitrogens is 2. The number of nitrogens with zero attached hydrogens (tertiary/aromatic N) is 3. The van der Waals surface area contributed by atoms with Crippen LogP contribution in [0.2, 0.25) is 0 Å².